The molecule has 0 unspecified atom stereocenters. The molecule has 1 saturated carbocycles. The van der Waals surface area contributed by atoms with Crippen LogP contribution in [0.4, 0.5) is 10.6 Å². The fraction of sp³-hybridized carbons (Fsp3) is 0.542. The van der Waals surface area contributed by atoms with Gasteiger partial charge in [-0.1, -0.05) is 56.4 Å². The lowest BCUT2D eigenvalue weighted by atomic mass is 9.83. The van der Waals surface area contributed by atoms with E-state index in [1.54, 1.807) is 4.90 Å². The third-order valence-electron chi connectivity index (χ3n) is 7.66. The number of aromatic amines is 1. The zero-order chi connectivity index (χ0) is 24.0. The van der Waals surface area contributed by atoms with Crippen molar-refractivity contribution in [1.29, 1.82) is 0 Å². The van der Waals surface area contributed by atoms with E-state index in [9.17, 15) is 14.7 Å². The molecule has 1 aromatic carbocycles. The van der Waals surface area contributed by atoms with Crippen molar-refractivity contribution in [3.63, 3.8) is 0 Å². The molecule has 3 amide bonds. The van der Waals surface area contributed by atoms with Crippen LogP contribution in [0, 0.1) is 0 Å². The summed E-state index contributed by atoms with van der Waals surface area (Å²) in [7, 11) is -1.70. The van der Waals surface area contributed by atoms with Crippen LogP contribution < -0.4 is 10.6 Å². The quantitative estimate of drug-likeness (QED) is 0.477. The number of carbonyl (C=O) groups excluding carboxylic acids is 2. The summed E-state index contributed by atoms with van der Waals surface area (Å²) < 4.78 is 0. The number of aliphatic hydroxyl groups is 1. The molecule has 2 aromatic rings. The van der Waals surface area contributed by atoms with Gasteiger partial charge in [-0.25, -0.2) is 4.79 Å². The fourth-order valence-corrected chi connectivity index (χ4v) is 7.69. The second-order valence-corrected chi connectivity index (χ2v) is 16.3. The molecule has 2 aliphatic rings. The maximum absolute atomic E-state index is 13.3. The van der Waals surface area contributed by atoms with Crippen molar-refractivity contribution >= 4 is 25.8 Å². The Hall–Kier alpha value is -2.65. The van der Waals surface area contributed by atoms with E-state index in [1.165, 1.54) is 0 Å². The molecule has 33 heavy (non-hydrogen) atoms. The van der Waals surface area contributed by atoms with Crippen LogP contribution in [0.15, 0.2) is 30.3 Å². The van der Waals surface area contributed by atoms with Crippen LogP contribution >= 0.6 is 0 Å². The molecule has 178 valence electrons. The van der Waals surface area contributed by atoms with E-state index in [0.717, 1.165) is 36.1 Å². The van der Waals surface area contributed by atoms with Crippen molar-refractivity contribution in [2.45, 2.75) is 76.0 Å². The lowest BCUT2D eigenvalue weighted by Crippen LogP contribution is -2.52. The molecule has 4 rings (SSSR count). The molecule has 1 fully saturated rings. The average molecular weight is 470 g/mol. The fourth-order valence-electron chi connectivity index (χ4n) is 5.09. The van der Waals surface area contributed by atoms with Gasteiger partial charge in [0.2, 0.25) is 5.91 Å². The molecule has 0 spiro atoms. The van der Waals surface area contributed by atoms with Crippen LogP contribution in [0.2, 0.25) is 24.7 Å². The highest BCUT2D eigenvalue weighted by Gasteiger charge is 2.54. The number of amides is 3. The van der Waals surface area contributed by atoms with E-state index in [2.05, 4.69) is 40.5 Å². The molecule has 1 atom stereocenters. The second kappa shape index (κ2) is 8.29. The zero-order valence-corrected chi connectivity index (χ0v) is 21.2. The maximum Gasteiger partial charge on any atom is 0.318 e. The third-order valence-corrected chi connectivity index (χ3v) is 11.3. The van der Waals surface area contributed by atoms with Gasteiger partial charge in [-0.3, -0.25) is 9.89 Å². The Morgan fingerprint density at radius 3 is 2.45 bits per heavy atom. The molecule has 1 aliphatic heterocycles. The first-order valence-corrected chi connectivity index (χ1v) is 15.1. The predicted octanol–water partition coefficient (Wildman–Crippen LogP) is 4.10. The summed E-state index contributed by atoms with van der Waals surface area (Å²) >= 11 is 0. The van der Waals surface area contributed by atoms with Crippen molar-refractivity contribution in [2.24, 2.45) is 0 Å². The Morgan fingerprint density at radius 1 is 1.21 bits per heavy atom. The van der Waals surface area contributed by atoms with E-state index in [1.807, 2.05) is 44.2 Å². The number of hydrogen-bond acceptors (Lipinski definition) is 4. The number of carbonyl (C=O) groups is 2. The van der Waals surface area contributed by atoms with Gasteiger partial charge in [0, 0.05) is 17.1 Å². The molecule has 8 nitrogen and oxygen atoms in total. The number of nitrogens with one attached hydrogen (secondary N) is 3. The summed E-state index contributed by atoms with van der Waals surface area (Å²) in [4.78, 5) is 28.0. The van der Waals surface area contributed by atoms with Crippen molar-refractivity contribution in [1.82, 2.24) is 20.4 Å². The second-order valence-electron chi connectivity index (χ2n) is 10.8. The van der Waals surface area contributed by atoms with Crippen molar-refractivity contribution in [3.8, 4) is 0 Å². The molecule has 1 aliphatic carbocycles. The number of urea groups is 1. The smallest absolute Gasteiger partial charge is 0.318 e. The number of nitrogens with zero attached hydrogens (tertiary/aromatic N) is 2. The summed E-state index contributed by atoms with van der Waals surface area (Å²) in [5.74, 6) is 0.584. The highest BCUT2D eigenvalue weighted by Crippen LogP contribution is 2.56. The Bertz CT molecular complexity index is 1040. The van der Waals surface area contributed by atoms with Gasteiger partial charge in [-0.15, -0.1) is 0 Å². The summed E-state index contributed by atoms with van der Waals surface area (Å²) in [6, 6.07) is 8.99. The molecule has 4 N–H and O–H groups in total. The van der Waals surface area contributed by atoms with E-state index in [4.69, 9.17) is 0 Å². The molecular weight excluding hydrogens is 434 g/mol. The minimum atomic E-state index is -1.70. The summed E-state index contributed by atoms with van der Waals surface area (Å²) in [6.07, 6.45) is 2.18. The molecule has 0 radical (unpaired) electrons. The number of hydrogen-bond donors (Lipinski definition) is 4. The number of aromatic nitrogens is 2. The largest absolute Gasteiger partial charge is 0.387 e. The Balaban J connectivity index is 1.45. The number of fused-ring (bicyclic) bond motifs is 1. The number of H-pyrrole nitrogens is 1. The maximum atomic E-state index is 13.3. The number of aliphatic hydroxyl groups excluding tert-OH is 1. The van der Waals surface area contributed by atoms with Crippen LogP contribution in [-0.4, -0.2) is 46.8 Å². The zero-order valence-electron chi connectivity index (χ0n) is 20.2. The van der Waals surface area contributed by atoms with Gasteiger partial charge in [0.05, 0.1) is 32.0 Å². The first kappa shape index (κ1) is 23.5. The standard InChI is InChI=1S/C24H35N5O3Si/c1-23(2)19-17(15-29(23)22(32)25-14-18(30)16-10-7-6-8-11-16)20(28-27-19)26-21(31)24(12-9-13-24)33(3,4)5/h6-8,10-11,18,30H,9,12-15H2,1-5H3,(H,25,32)(H2,26,27,28,31)/t18-/m1/s1. The van der Waals surface area contributed by atoms with Gasteiger partial charge in [-0.2, -0.15) is 5.10 Å². The minimum Gasteiger partial charge on any atom is -0.387 e. The third kappa shape index (κ3) is 3.97. The summed E-state index contributed by atoms with van der Waals surface area (Å²) in [5.41, 5.74) is 1.80. The van der Waals surface area contributed by atoms with Crippen LogP contribution in [0.1, 0.15) is 56.0 Å². The topological polar surface area (TPSA) is 110 Å². The number of benzene rings is 1. The lowest BCUT2D eigenvalue weighted by Gasteiger charge is -2.48. The Morgan fingerprint density at radius 2 is 1.88 bits per heavy atom. The molecular formula is C24H35N5O3Si. The van der Waals surface area contributed by atoms with Crippen LogP contribution in [-0.2, 0) is 16.9 Å². The average Bonchev–Trinajstić information content (AvgIpc) is 3.22. The van der Waals surface area contributed by atoms with Crippen molar-refractivity contribution in [2.75, 3.05) is 11.9 Å². The molecule has 1 aromatic heterocycles. The summed E-state index contributed by atoms with van der Waals surface area (Å²) in [6.45, 7) is 11.1. The molecule has 9 heteroatoms. The number of anilines is 1. The van der Waals surface area contributed by atoms with Gasteiger partial charge in [0.25, 0.3) is 0 Å². The minimum absolute atomic E-state index is 0.0638. The normalized spacial score (nSPS) is 19.4. The predicted molar refractivity (Wildman–Crippen MR) is 130 cm³/mol. The van der Waals surface area contributed by atoms with Gasteiger partial charge >= 0.3 is 6.03 Å². The molecule has 0 saturated heterocycles. The van der Waals surface area contributed by atoms with Gasteiger partial charge in [0.15, 0.2) is 5.82 Å². The van der Waals surface area contributed by atoms with Crippen LogP contribution in [0.3, 0.4) is 0 Å². The Labute approximate surface area is 196 Å². The van der Waals surface area contributed by atoms with Crippen LogP contribution in [0.5, 0.6) is 0 Å². The highest BCUT2D eigenvalue weighted by atomic mass is 28.3. The van der Waals surface area contributed by atoms with E-state index < -0.39 is 19.7 Å². The van der Waals surface area contributed by atoms with Crippen molar-refractivity contribution in [3.05, 3.63) is 47.2 Å². The molecule has 2 heterocycles. The van der Waals surface area contributed by atoms with Gasteiger partial charge in [-0.05, 0) is 32.3 Å². The van der Waals surface area contributed by atoms with E-state index in [0.29, 0.717) is 12.4 Å². The molecule has 0 bridgehead atoms. The number of rotatable bonds is 6. The summed E-state index contributed by atoms with van der Waals surface area (Å²) in [5, 5.41) is 23.5. The van der Waals surface area contributed by atoms with Crippen molar-refractivity contribution < 1.29 is 14.7 Å². The SMILES string of the molecule is CC1(C)c2[nH]nc(NC(=O)C3([Si](C)(C)C)CCC3)c2CN1C(=O)NC[C@@H](O)c1ccccc1. The monoisotopic (exact) mass is 469 g/mol. The van der Waals surface area contributed by atoms with Crippen LogP contribution in [0.25, 0.3) is 0 Å². The van der Waals surface area contributed by atoms with E-state index in [-0.39, 0.29) is 23.5 Å². The van der Waals surface area contributed by atoms with Gasteiger partial charge < -0.3 is 20.6 Å². The van der Waals surface area contributed by atoms with Gasteiger partial charge in [0.1, 0.15) is 0 Å². The lowest BCUT2D eigenvalue weighted by molar-refractivity contribution is -0.121. The first-order valence-electron chi connectivity index (χ1n) is 11.6. The van der Waals surface area contributed by atoms with E-state index >= 15 is 0 Å². The Kier molecular flexibility index (Phi) is 5.90. The first-order chi connectivity index (χ1) is 15.5. The highest BCUT2D eigenvalue weighted by molar-refractivity contribution is 6.83.